The Labute approximate surface area is 184 Å². The summed E-state index contributed by atoms with van der Waals surface area (Å²) in [6.07, 6.45) is 0. The number of rotatable bonds is 8. The van der Waals surface area contributed by atoms with E-state index in [2.05, 4.69) is 5.32 Å². The summed E-state index contributed by atoms with van der Waals surface area (Å²) < 4.78 is 25.5. The smallest absolute Gasteiger partial charge is 0.180 e. The molecule has 0 bridgehead atoms. The lowest BCUT2D eigenvalue weighted by atomic mass is 10.2. The summed E-state index contributed by atoms with van der Waals surface area (Å²) in [6.45, 7) is 2.76. The highest BCUT2D eigenvalue weighted by atomic mass is 35.5. The minimum Gasteiger partial charge on any atom is -0.490 e. The van der Waals surface area contributed by atoms with Gasteiger partial charge < -0.3 is 14.8 Å². The molecule has 152 valence electrons. The predicted molar refractivity (Wildman–Crippen MR) is 117 cm³/mol. The second-order valence-corrected chi connectivity index (χ2v) is 7.44. The van der Waals surface area contributed by atoms with Crippen LogP contribution >= 0.6 is 34.8 Å². The van der Waals surface area contributed by atoms with Gasteiger partial charge in [-0.25, -0.2) is 4.39 Å². The summed E-state index contributed by atoms with van der Waals surface area (Å²) in [5, 5.41) is 4.64. The number of nitrogens with one attached hydrogen (secondary N) is 1. The average Bonchev–Trinajstić information content (AvgIpc) is 2.69. The van der Waals surface area contributed by atoms with E-state index in [1.165, 1.54) is 6.07 Å². The van der Waals surface area contributed by atoms with Crippen LogP contribution in [-0.2, 0) is 13.2 Å². The van der Waals surface area contributed by atoms with E-state index in [0.29, 0.717) is 39.7 Å². The molecule has 3 nitrogen and oxygen atoms in total. The normalized spacial score (nSPS) is 10.7. The van der Waals surface area contributed by atoms with Gasteiger partial charge in [-0.1, -0.05) is 40.9 Å². The second-order valence-electron chi connectivity index (χ2n) is 6.19. The summed E-state index contributed by atoms with van der Waals surface area (Å²) >= 11 is 18.4. The Kier molecular flexibility index (Phi) is 7.48. The Morgan fingerprint density at radius 3 is 2.38 bits per heavy atom. The maximum Gasteiger partial charge on any atom is 0.180 e. The molecule has 29 heavy (non-hydrogen) atoms. The van der Waals surface area contributed by atoms with Gasteiger partial charge in [0.25, 0.3) is 0 Å². The monoisotopic (exact) mass is 453 g/mol. The van der Waals surface area contributed by atoms with Gasteiger partial charge in [0.2, 0.25) is 0 Å². The molecule has 3 aromatic rings. The summed E-state index contributed by atoms with van der Waals surface area (Å²) in [6, 6.07) is 15.5. The third-order valence-electron chi connectivity index (χ3n) is 4.13. The number of benzene rings is 3. The standard InChI is InChI=1S/C22H19Cl3FNO2/c1-2-28-21-11-14(12-27-16-8-6-15(23)7-9-16)10-19(25)22(21)29-13-17-18(24)4-3-5-20(17)26/h3-11,27H,2,12-13H2,1H3. The van der Waals surface area contributed by atoms with E-state index in [9.17, 15) is 4.39 Å². The quantitative estimate of drug-likeness (QED) is 0.385. The zero-order valence-corrected chi connectivity index (χ0v) is 17.9. The van der Waals surface area contributed by atoms with E-state index < -0.39 is 5.82 Å². The van der Waals surface area contributed by atoms with E-state index >= 15 is 0 Å². The molecule has 7 heteroatoms. The molecule has 0 saturated heterocycles. The van der Waals surface area contributed by atoms with E-state index in [4.69, 9.17) is 44.3 Å². The van der Waals surface area contributed by atoms with E-state index in [0.717, 1.165) is 11.3 Å². The van der Waals surface area contributed by atoms with Crippen LogP contribution in [0.4, 0.5) is 10.1 Å². The highest BCUT2D eigenvalue weighted by molar-refractivity contribution is 6.32. The van der Waals surface area contributed by atoms with Crippen LogP contribution in [0.2, 0.25) is 15.1 Å². The summed E-state index contributed by atoms with van der Waals surface area (Å²) in [4.78, 5) is 0. The molecule has 1 N–H and O–H groups in total. The van der Waals surface area contributed by atoms with Gasteiger partial charge in [-0.05, 0) is 61.0 Å². The molecule has 0 spiro atoms. The molecule has 0 amide bonds. The maximum absolute atomic E-state index is 14.0. The lowest BCUT2D eigenvalue weighted by Crippen LogP contribution is -2.05. The molecule has 3 aromatic carbocycles. The number of halogens is 4. The second kappa shape index (κ2) is 10.1. The Bertz CT molecular complexity index is 960. The van der Waals surface area contributed by atoms with Gasteiger partial charge in [-0.3, -0.25) is 0 Å². The molecule has 0 aromatic heterocycles. The lowest BCUT2D eigenvalue weighted by molar-refractivity contribution is 0.266. The van der Waals surface area contributed by atoms with E-state index in [1.807, 2.05) is 37.3 Å². The van der Waals surface area contributed by atoms with Crippen molar-refractivity contribution in [3.8, 4) is 11.5 Å². The first kappa shape index (κ1) is 21.6. The van der Waals surface area contributed by atoms with Gasteiger partial charge in [0, 0.05) is 22.8 Å². The van der Waals surface area contributed by atoms with Crippen LogP contribution in [0.1, 0.15) is 18.1 Å². The SMILES string of the molecule is CCOc1cc(CNc2ccc(Cl)cc2)cc(Cl)c1OCc1c(F)cccc1Cl. The van der Waals surface area contributed by atoms with Crippen molar-refractivity contribution in [2.45, 2.75) is 20.1 Å². The molecule has 0 aliphatic heterocycles. The van der Waals surface area contributed by atoms with Gasteiger partial charge >= 0.3 is 0 Å². The van der Waals surface area contributed by atoms with Crippen LogP contribution < -0.4 is 14.8 Å². The van der Waals surface area contributed by atoms with Crippen LogP contribution in [0.25, 0.3) is 0 Å². The molecule has 0 aliphatic carbocycles. The van der Waals surface area contributed by atoms with Crippen LogP contribution in [-0.4, -0.2) is 6.61 Å². The van der Waals surface area contributed by atoms with Crippen molar-refractivity contribution < 1.29 is 13.9 Å². The first-order valence-electron chi connectivity index (χ1n) is 8.98. The summed E-state index contributed by atoms with van der Waals surface area (Å²) in [5.41, 5.74) is 2.10. The molecule has 0 fully saturated rings. The van der Waals surface area contributed by atoms with Crippen molar-refractivity contribution in [3.05, 3.63) is 86.6 Å². The van der Waals surface area contributed by atoms with Gasteiger partial charge in [0.1, 0.15) is 12.4 Å². The Hall–Kier alpha value is -2.14. The van der Waals surface area contributed by atoms with E-state index in [-0.39, 0.29) is 12.2 Å². The van der Waals surface area contributed by atoms with Crippen LogP contribution in [0.15, 0.2) is 54.6 Å². The molecule has 0 aliphatic rings. The van der Waals surface area contributed by atoms with Crippen molar-refractivity contribution in [2.75, 3.05) is 11.9 Å². The third-order valence-corrected chi connectivity index (χ3v) is 5.02. The third kappa shape index (κ3) is 5.69. The van der Waals surface area contributed by atoms with Gasteiger partial charge in [0.15, 0.2) is 11.5 Å². The molecule has 3 rings (SSSR count). The van der Waals surface area contributed by atoms with Crippen molar-refractivity contribution >= 4 is 40.5 Å². The molecular formula is C22H19Cl3FNO2. The first-order chi connectivity index (χ1) is 14.0. The van der Waals surface area contributed by atoms with Crippen LogP contribution in [0.5, 0.6) is 11.5 Å². The highest BCUT2D eigenvalue weighted by Crippen LogP contribution is 2.38. The Morgan fingerprint density at radius 1 is 0.931 bits per heavy atom. The zero-order chi connectivity index (χ0) is 20.8. The average molecular weight is 455 g/mol. The molecule has 0 unspecified atom stereocenters. The predicted octanol–water partition coefficient (Wildman–Crippen LogP) is 7.38. The number of anilines is 1. The fourth-order valence-electron chi connectivity index (χ4n) is 2.71. The molecular weight excluding hydrogens is 436 g/mol. The van der Waals surface area contributed by atoms with Gasteiger partial charge in [0.05, 0.1) is 16.7 Å². The number of hydrogen-bond acceptors (Lipinski definition) is 3. The zero-order valence-electron chi connectivity index (χ0n) is 15.6. The van der Waals surface area contributed by atoms with Crippen molar-refractivity contribution in [1.82, 2.24) is 0 Å². The molecule has 0 radical (unpaired) electrons. The number of ether oxygens (including phenoxy) is 2. The van der Waals surface area contributed by atoms with Crippen molar-refractivity contribution in [3.63, 3.8) is 0 Å². The fourth-order valence-corrected chi connectivity index (χ4v) is 3.34. The maximum atomic E-state index is 14.0. The van der Waals surface area contributed by atoms with E-state index in [1.54, 1.807) is 18.2 Å². The summed E-state index contributed by atoms with van der Waals surface area (Å²) in [7, 11) is 0. The van der Waals surface area contributed by atoms with Crippen LogP contribution in [0.3, 0.4) is 0 Å². The minimum absolute atomic E-state index is 0.0618. The topological polar surface area (TPSA) is 30.5 Å². The van der Waals surface area contributed by atoms with Crippen LogP contribution in [0, 0.1) is 5.82 Å². The molecule has 0 heterocycles. The highest BCUT2D eigenvalue weighted by Gasteiger charge is 2.15. The Balaban J connectivity index is 1.77. The Morgan fingerprint density at radius 2 is 1.69 bits per heavy atom. The minimum atomic E-state index is -0.435. The fraction of sp³-hybridized carbons (Fsp3) is 0.182. The molecule has 0 atom stereocenters. The van der Waals surface area contributed by atoms with Gasteiger partial charge in [-0.2, -0.15) is 0 Å². The van der Waals surface area contributed by atoms with Crippen molar-refractivity contribution in [2.24, 2.45) is 0 Å². The lowest BCUT2D eigenvalue weighted by Gasteiger charge is -2.16. The number of hydrogen-bond donors (Lipinski definition) is 1. The first-order valence-corrected chi connectivity index (χ1v) is 10.1. The van der Waals surface area contributed by atoms with Crippen molar-refractivity contribution in [1.29, 1.82) is 0 Å². The largest absolute Gasteiger partial charge is 0.490 e. The van der Waals surface area contributed by atoms with Gasteiger partial charge in [-0.15, -0.1) is 0 Å². The molecule has 0 saturated carbocycles. The summed E-state index contributed by atoms with van der Waals surface area (Å²) in [5.74, 6) is 0.402.